The number of hydrogen-bond acceptors (Lipinski definition) is 6. The number of ether oxygens (including phenoxy) is 3. The van der Waals surface area contributed by atoms with Gasteiger partial charge < -0.3 is 14.2 Å². The van der Waals surface area contributed by atoms with Crippen molar-refractivity contribution in [3.05, 3.63) is 87.5 Å². The molecule has 4 rings (SSSR count). The zero-order valence-corrected chi connectivity index (χ0v) is 21.9. The van der Waals surface area contributed by atoms with Gasteiger partial charge in [-0.1, -0.05) is 23.7 Å². The number of aromatic nitrogens is 1. The van der Waals surface area contributed by atoms with Gasteiger partial charge in [0.25, 0.3) is 5.91 Å². The van der Waals surface area contributed by atoms with Crippen molar-refractivity contribution in [2.75, 3.05) is 19.6 Å². The Morgan fingerprint density at radius 1 is 1.03 bits per heavy atom. The van der Waals surface area contributed by atoms with E-state index in [1.807, 2.05) is 60.8 Å². The predicted octanol–water partition coefficient (Wildman–Crippen LogP) is 5.97. The van der Waals surface area contributed by atoms with Crippen LogP contribution in [0.2, 0.25) is 5.02 Å². The van der Waals surface area contributed by atoms with Crippen molar-refractivity contribution in [3.8, 4) is 28.5 Å². The highest BCUT2D eigenvalue weighted by atomic mass is 35.5. The smallest absolute Gasteiger partial charge is 0.279 e. The van der Waals surface area contributed by atoms with Crippen LogP contribution in [0.5, 0.6) is 17.2 Å². The van der Waals surface area contributed by atoms with Crippen LogP contribution in [0.15, 0.2) is 77.1 Å². The number of nitrogens with one attached hydrogen (secondary N) is 1. The van der Waals surface area contributed by atoms with Gasteiger partial charge >= 0.3 is 0 Å². The number of nitrogens with zero attached hydrogens (tertiary/aromatic N) is 2. The minimum atomic E-state index is -0.778. The molecule has 7 nitrogen and oxygen atoms in total. The van der Waals surface area contributed by atoms with Gasteiger partial charge in [0.1, 0.15) is 22.9 Å². The summed E-state index contributed by atoms with van der Waals surface area (Å²) in [5, 5.41) is 2.54. The number of hydrogen-bond donors (Lipinski definition) is 1. The summed E-state index contributed by atoms with van der Waals surface area (Å²) in [6.45, 7) is 3.58. The lowest BCUT2D eigenvalue weighted by molar-refractivity contribution is -0.123. The maximum absolute atomic E-state index is 13.2. The molecule has 0 saturated heterocycles. The van der Waals surface area contributed by atoms with Gasteiger partial charge in [-0.25, -0.2) is 9.67 Å². The van der Waals surface area contributed by atoms with E-state index >= 15 is 0 Å². The number of methoxy groups -OCH3 is 2. The molecule has 1 N–H and O–H groups in total. The summed E-state index contributed by atoms with van der Waals surface area (Å²) in [5.74, 6) is 1.62. The Bertz CT molecular complexity index is 1430. The molecule has 1 heterocycles. The van der Waals surface area contributed by atoms with Crippen LogP contribution in [0.25, 0.3) is 11.3 Å². The molecule has 0 aliphatic carbocycles. The average Bonchev–Trinajstić information content (AvgIpc) is 3.27. The molecule has 0 radical (unpaired) electrons. The van der Waals surface area contributed by atoms with Crippen LogP contribution in [-0.4, -0.2) is 30.9 Å². The van der Waals surface area contributed by atoms with Gasteiger partial charge in [-0.3, -0.25) is 10.2 Å². The lowest BCUT2D eigenvalue weighted by Gasteiger charge is -2.18. The van der Waals surface area contributed by atoms with E-state index in [1.165, 1.54) is 11.3 Å². The van der Waals surface area contributed by atoms with Crippen LogP contribution in [-0.2, 0) is 4.79 Å². The highest BCUT2D eigenvalue weighted by Gasteiger charge is 2.19. The fourth-order valence-corrected chi connectivity index (χ4v) is 4.56. The highest BCUT2D eigenvalue weighted by molar-refractivity contribution is 7.07. The van der Waals surface area contributed by atoms with E-state index < -0.39 is 6.10 Å². The number of amides is 1. The molecule has 0 aliphatic heterocycles. The number of rotatable bonds is 8. The van der Waals surface area contributed by atoms with Gasteiger partial charge in [-0.15, -0.1) is 11.3 Å². The van der Waals surface area contributed by atoms with Crippen molar-refractivity contribution < 1.29 is 19.0 Å². The predicted molar refractivity (Wildman–Crippen MR) is 143 cm³/mol. The van der Waals surface area contributed by atoms with E-state index in [0.29, 0.717) is 27.0 Å². The number of aryl methyl sites for hydroxylation is 1. The molecule has 186 valence electrons. The summed E-state index contributed by atoms with van der Waals surface area (Å²) in [6, 6.07) is 20.3. The van der Waals surface area contributed by atoms with Gasteiger partial charge in [0.05, 0.1) is 19.9 Å². The highest BCUT2D eigenvalue weighted by Crippen LogP contribution is 2.27. The van der Waals surface area contributed by atoms with Crippen molar-refractivity contribution in [2.45, 2.75) is 20.0 Å². The first-order valence-electron chi connectivity index (χ1n) is 11.2. The van der Waals surface area contributed by atoms with Crippen molar-refractivity contribution >= 4 is 34.5 Å². The monoisotopic (exact) mass is 523 g/mol. The van der Waals surface area contributed by atoms with Crippen LogP contribution in [0, 0.1) is 6.92 Å². The Morgan fingerprint density at radius 2 is 1.78 bits per heavy atom. The van der Waals surface area contributed by atoms with Crippen LogP contribution in [0.4, 0.5) is 5.69 Å². The number of para-hydroxylation sites is 2. The zero-order chi connectivity index (χ0) is 25.7. The molecule has 1 aromatic heterocycles. The van der Waals surface area contributed by atoms with Gasteiger partial charge in [0, 0.05) is 16.0 Å². The van der Waals surface area contributed by atoms with Crippen LogP contribution >= 0.6 is 22.9 Å². The second kappa shape index (κ2) is 11.3. The molecule has 0 saturated carbocycles. The minimum Gasteiger partial charge on any atom is -0.497 e. The topological polar surface area (TPSA) is 74.1 Å². The number of carbonyl (C=O) groups is 1. The fourth-order valence-electron chi connectivity index (χ4n) is 3.48. The summed E-state index contributed by atoms with van der Waals surface area (Å²) in [4.78, 5) is 18.6. The standard InChI is InChI=1S/C27H26ClN3O4S/c1-17-15-20(28)11-14-24(17)35-18(2)26(32)30-31-23(19-9-12-21(33-3)13-10-19)16-36-27(31)29-22-7-5-6-8-25(22)34-4/h5-16,18H,1-4H3,(H,30,32). The van der Waals surface area contributed by atoms with Gasteiger partial charge in [0.2, 0.25) is 4.80 Å². The lowest BCUT2D eigenvalue weighted by atomic mass is 10.2. The first-order valence-corrected chi connectivity index (χ1v) is 12.4. The third kappa shape index (κ3) is 5.72. The van der Waals surface area contributed by atoms with E-state index in [0.717, 1.165) is 22.6 Å². The Balaban J connectivity index is 1.71. The third-order valence-electron chi connectivity index (χ3n) is 5.43. The molecule has 0 spiro atoms. The van der Waals surface area contributed by atoms with Gasteiger partial charge in [0.15, 0.2) is 6.10 Å². The van der Waals surface area contributed by atoms with Crippen molar-refractivity contribution in [1.82, 2.24) is 4.68 Å². The molecular formula is C27H26ClN3O4S. The Labute approximate surface area is 218 Å². The minimum absolute atomic E-state index is 0.334. The molecule has 1 unspecified atom stereocenters. The average molecular weight is 524 g/mol. The number of thiazole rings is 1. The summed E-state index contributed by atoms with van der Waals surface area (Å²) < 4.78 is 18.3. The molecule has 0 bridgehead atoms. The lowest BCUT2D eigenvalue weighted by Crippen LogP contribution is -2.39. The normalized spacial score (nSPS) is 12.2. The van der Waals surface area contributed by atoms with Crippen LogP contribution < -0.4 is 24.4 Å². The quantitative estimate of drug-likeness (QED) is 0.309. The van der Waals surface area contributed by atoms with Crippen LogP contribution in [0.1, 0.15) is 12.5 Å². The summed E-state index contributed by atoms with van der Waals surface area (Å²) in [6.07, 6.45) is -0.778. The first-order chi connectivity index (χ1) is 17.4. The Morgan fingerprint density at radius 3 is 2.47 bits per heavy atom. The summed E-state index contributed by atoms with van der Waals surface area (Å²) in [5.41, 5.74) is 6.10. The van der Waals surface area contributed by atoms with E-state index in [2.05, 4.69) is 5.43 Å². The Hall–Kier alpha value is -3.75. The molecule has 1 atom stereocenters. The largest absolute Gasteiger partial charge is 0.497 e. The second-order valence-corrected chi connectivity index (χ2v) is 9.17. The zero-order valence-electron chi connectivity index (χ0n) is 20.3. The molecule has 4 aromatic rings. The molecule has 3 aromatic carbocycles. The van der Waals surface area contributed by atoms with Gasteiger partial charge in [-0.05, 0) is 74.0 Å². The van der Waals surface area contributed by atoms with E-state index in [9.17, 15) is 4.79 Å². The molecule has 1 amide bonds. The van der Waals surface area contributed by atoms with E-state index in [-0.39, 0.29) is 5.91 Å². The Kier molecular flexibility index (Phi) is 7.97. The van der Waals surface area contributed by atoms with Crippen molar-refractivity contribution in [1.29, 1.82) is 0 Å². The number of benzene rings is 3. The maximum Gasteiger partial charge on any atom is 0.279 e. The molecule has 0 fully saturated rings. The van der Waals surface area contributed by atoms with Gasteiger partial charge in [-0.2, -0.15) is 0 Å². The second-order valence-electron chi connectivity index (χ2n) is 7.90. The number of halogens is 1. The maximum atomic E-state index is 13.2. The molecular weight excluding hydrogens is 498 g/mol. The van der Waals surface area contributed by atoms with E-state index in [1.54, 1.807) is 44.0 Å². The SMILES string of the molecule is COc1ccc(-c2csc(=Nc3ccccc3OC)n2NC(=O)C(C)Oc2ccc(Cl)cc2C)cc1. The number of carbonyl (C=O) groups excluding carboxylic acids is 1. The summed E-state index contributed by atoms with van der Waals surface area (Å²) >= 11 is 7.44. The van der Waals surface area contributed by atoms with Crippen molar-refractivity contribution in [3.63, 3.8) is 0 Å². The van der Waals surface area contributed by atoms with E-state index in [4.69, 9.17) is 30.8 Å². The molecule has 36 heavy (non-hydrogen) atoms. The fraction of sp³-hybridized carbons (Fsp3) is 0.185. The molecule has 0 aliphatic rings. The molecule has 9 heteroatoms. The third-order valence-corrected chi connectivity index (χ3v) is 6.49. The first kappa shape index (κ1) is 25.3. The van der Waals surface area contributed by atoms with Crippen LogP contribution in [0.3, 0.4) is 0 Å². The van der Waals surface area contributed by atoms with Crippen molar-refractivity contribution in [2.24, 2.45) is 4.99 Å². The summed E-state index contributed by atoms with van der Waals surface area (Å²) in [7, 11) is 3.22.